The molecule has 63 heavy (non-hydrogen) atoms. The molecule has 0 radical (unpaired) electrons. The van der Waals surface area contributed by atoms with Gasteiger partial charge in [0.2, 0.25) is 0 Å². The van der Waals surface area contributed by atoms with Crippen LogP contribution in [0.4, 0.5) is 0 Å². The Hall–Kier alpha value is -6.25. The molecule has 15 heteroatoms. The summed E-state index contributed by atoms with van der Waals surface area (Å²) in [6.07, 6.45) is 8.50. The molecule has 2 aromatic carbocycles. The number of ether oxygens (including phenoxy) is 8. The molecule has 1 saturated carbocycles. The van der Waals surface area contributed by atoms with E-state index in [0.29, 0.717) is 22.8 Å². The van der Waals surface area contributed by atoms with Crippen LogP contribution in [0.15, 0.2) is 72.9 Å². The molecule has 1 aliphatic rings. The van der Waals surface area contributed by atoms with E-state index in [-0.39, 0.29) is 47.4 Å². The molecule has 342 valence electrons. The highest BCUT2D eigenvalue weighted by molar-refractivity contribution is 6.30. The highest BCUT2D eigenvalue weighted by Crippen LogP contribution is 2.46. The lowest BCUT2D eigenvalue weighted by atomic mass is 9.76. The van der Waals surface area contributed by atoms with Crippen LogP contribution < -0.4 is 14.2 Å². The maximum atomic E-state index is 13.0. The second-order valence-electron chi connectivity index (χ2n) is 15.7. The first-order valence-electron chi connectivity index (χ1n) is 21.1. The summed E-state index contributed by atoms with van der Waals surface area (Å²) in [4.78, 5) is 87.8. The van der Waals surface area contributed by atoms with Crippen molar-refractivity contribution in [1.82, 2.24) is 0 Å². The Morgan fingerprint density at radius 1 is 0.571 bits per heavy atom. The van der Waals surface area contributed by atoms with E-state index in [2.05, 4.69) is 26.7 Å². The maximum absolute atomic E-state index is 13.0. The van der Waals surface area contributed by atoms with E-state index in [1.165, 1.54) is 47.0 Å². The Balaban J connectivity index is 2.05. The van der Waals surface area contributed by atoms with E-state index >= 15 is 0 Å². The Bertz CT molecular complexity index is 1970. The fraction of sp³-hybridized carbons (Fsp3) is 0.479. The van der Waals surface area contributed by atoms with Crippen LogP contribution in [-0.4, -0.2) is 81.4 Å². The lowest BCUT2D eigenvalue weighted by Crippen LogP contribution is -2.45. The highest BCUT2D eigenvalue weighted by Gasteiger charge is 2.39. The standard InChI is InChI=1S/C48H60O15/c1-10-13-14-15-33-16-18-34(19-17-33)37-24-40(63-43(51)32(8)9)38(25-39(37)62-42(50)31(6)7)35-20-22-36(23-21-35)58-26-48(27-59-41(49)30(4)5,28-60-46(54)44(52)56-11-2)29-61-47(55)45(53)57-12-3/h20-25,33-34H,4,6,8,10-19,26-29H2,1-3,5,7,9H3. The molecule has 2 aromatic rings. The SMILES string of the molecule is C=C(C)C(=O)OCC(COC(=O)C(=O)OCC)(COC(=O)C(=O)OCC)COc1ccc(-c2cc(OC(=O)C(=C)C)c(C3CCC(CCCCC)CC3)cc2OC(=O)C(=C)C)cc1. The Morgan fingerprint density at radius 3 is 1.52 bits per heavy atom. The fourth-order valence-electron chi connectivity index (χ4n) is 6.61. The first-order valence-corrected chi connectivity index (χ1v) is 21.1. The Labute approximate surface area is 369 Å². The van der Waals surface area contributed by atoms with Crippen molar-refractivity contribution in [2.24, 2.45) is 11.3 Å². The molecule has 0 aliphatic heterocycles. The summed E-state index contributed by atoms with van der Waals surface area (Å²) in [7, 11) is 0. The van der Waals surface area contributed by atoms with Crippen LogP contribution in [-0.2, 0) is 57.2 Å². The van der Waals surface area contributed by atoms with Crippen molar-refractivity contribution in [2.75, 3.05) is 39.6 Å². The predicted molar refractivity (Wildman–Crippen MR) is 231 cm³/mol. The molecule has 0 heterocycles. The summed E-state index contributed by atoms with van der Waals surface area (Å²) in [6.45, 7) is 18.0. The number of hydrogen-bond donors (Lipinski definition) is 0. The van der Waals surface area contributed by atoms with Gasteiger partial charge in [-0.15, -0.1) is 0 Å². The smallest absolute Gasteiger partial charge is 0.417 e. The second-order valence-corrected chi connectivity index (χ2v) is 15.7. The quantitative estimate of drug-likeness (QED) is 0.0277. The summed E-state index contributed by atoms with van der Waals surface area (Å²) in [5, 5.41) is 0. The van der Waals surface area contributed by atoms with Gasteiger partial charge in [0.1, 0.15) is 49.1 Å². The molecule has 15 nitrogen and oxygen atoms in total. The molecule has 0 bridgehead atoms. The van der Waals surface area contributed by atoms with Crippen LogP contribution in [0.3, 0.4) is 0 Å². The Kier molecular flexibility index (Phi) is 20.3. The number of rotatable bonds is 22. The molecular formula is C48H60O15. The van der Waals surface area contributed by atoms with Gasteiger partial charge in [0.25, 0.3) is 0 Å². The summed E-state index contributed by atoms with van der Waals surface area (Å²) in [6, 6.07) is 9.84. The van der Waals surface area contributed by atoms with Gasteiger partial charge < -0.3 is 37.9 Å². The summed E-state index contributed by atoms with van der Waals surface area (Å²) >= 11 is 0. The van der Waals surface area contributed by atoms with Crippen molar-refractivity contribution in [3.05, 3.63) is 78.4 Å². The molecule has 0 aromatic heterocycles. The number of carbonyl (C=O) groups excluding carboxylic acids is 7. The largest absolute Gasteiger partial charge is 0.493 e. The van der Waals surface area contributed by atoms with Crippen LogP contribution in [0.2, 0.25) is 0 Å². The van der Waals surface area contributed by atoms with E-state index in [1.807, 2.05) is 0 Å². The third-order valence-corrected chi connectivity index (χ3v) is 10.2. The van der Waals surface area contributed by atoms with E-state index in [4.69, 9.17) is 37.9 Å². The molecule has 1 fully saturated rings. The second kappa shape index (κ2) is 25.0. The van der Waals surface area contributed by atoms with Crippen molar-refractivity contribution >= 4 is 41.8 Å². The minimum atomic E-state index is -1.70. The maximum Gasteiger partial charge on any atom is 0.417 e. The first-order chi connectivity index (χ1) is 29.9. The fourth-order valence-corrected chi connectivity index (χ4v) is 6.61. The zero-order valence-corrected chi connectivity index (χ0v) is 37.3. The van der Waals surface area contributed by atoms with Crippen molar-refractivity contribution in [3.63, 3.8) is 0 Å². The van der Waals surface area contributed by atoms with Gasteiger partial charge in [-0.25, -0.2) is 33.6 Å². The van der Waals surface area contributed by atoms with E-state index in [9.17, 15) is 33.6 Å². The van der Waals surface area contributed by atoms with E-state index < -0.39 is 73.6 Å². The van der Waals surface area contributed by atoms with Gasteiger partial charge in [-0.05, 0) is 102 Å². The van der Waals surface area contributed by atoms with Gasteiger partial charge in [0, 0.05) is 27.8 Å². The topological polar surface area (TPSA) is 193 Å². The molecule has 0 N–H and O–H groups in total. The van der Waals surface area contributed by atoms with E-state index in [0.717, 1.165) is 37.7 Å². The van der Waals surface area contributed by atoms with E-state index in [1.54, 1.807) is 43.3 Å². The van der Waals surface area contributed by atoms with Crippen LogP contribution >= 0.6 is 0 Å². The van der Waals surface area contributed by atoms with Gasteiger partial charge in [-0.1, -0.05) is 64.5 Å². The van der Waals surface area contributed by atoms with Crippen LogP contribution in [0.5, 0.6) is 17.2 Å². The lowest BCUT2D eigenvalue weighted by Gasteiger charge is -2.31. The van der Waals surface area contributed by atoms with Crippen LogP contribution in [0.1, 0.15) is 104 Å². The normalized spacial score (nSPS) is 14.6. The zero-order valence-electron chi connectivity index (χ0n) is 37.3. The summed E-state index contributed by atoms with van der Waals surface area (Å²) < 4.78 is 43.2. The molecule has 0 saturated heterocycles. The average Bonchev–Trinajstić information content (AvgIpc) is 3.26. The van der Waals surface area contributed by atoms with Gasteiger partial charge >= 0.3 is 41.8 Å². The van der Waals surface area contributed by atoms with Gasteiger partial charge in [-0.3, -0.25) is 0 Å². The third kappa shape index (κ3) is 15.9. The number of unbranched alkanes of at least 4 members (excludes halogenated alkanes) is 2. The van der Waals surface area contributed by atoms with Crippen molar-refractivity contribution in [1.29, 1.82) is 0 Å². The Morgan fingerprint density at radius 2 is 1.05 bits per heavy atom. The highest BCUT2D eigenvalue weighted by atomic mass is 16.6. The molecule has 0 amide bonds. The van der Waals surface area contributed by atoms with Crippen molar-refractivity contribution in [3.8, 4) is 28.4 Å². The molecule has 0 atom stereocenters. The molecule has 1 aliphatic carbocycles. The third-order valence-electron chi connectivity index (χ3n) is 10.2. The minimum absolute atomic E-state index is 0.0245. The molecular weight excluding hydrogens is 817 g/mol. The number of benzene rings is 2. The van der Waals surface area contributed by atoms with Gasteiger partial charge in [0.15, 0.2) is 0 Å². The molecule has 0 spiro atoms. The zero-order chi connectivity index (χ0) is 46.7. The minimum Gasteiger partial charge on any atom is -0.493 e. The van der Waals surface area contributed by atoms with Gasteiger partial charge in [0.05, 0.1) is 13.2 Å². The number of hydrogen-bond acceptors (Lipinski definition) is 15. The monoisotopic (exact) mass is 876 g/mol. The van der Waals surface area contributed by atoms with Crippen molar-refractivity contribution in [2.45, 2.75) is 98.8 Å². The summed E-state index contributed by atoms with van der Waals surface area (Å²) in [5.41, 5.74) is 0.379. The predicted octanol–water partition coefficient (Wildman–Crippen LogP) is 7.87. The number of esters is 7. The molecule has 0 unspecified atom stereocenters. The lowest BCUT2D eigenvalue weighted by molar-refractivity contribution is -0.178. The molecule has 3 rings (SSSR count). The van der Waals surface area contributed by atoms with Crippen molar-refractivity contribution < 1.29 is 71.5 Å². The summed E-state index contributed by atoms with van der Waals surface area (Å²) in [5.74, 6) is -6.06. The van der Waals surface area contributed by atoms with Crippen LogP contribution in [0.25, 0.3) is 11.1 Å². The number of carbonyl (C=O) groups is 7. The average molecular weight is 877 g/mol. The van der Waals surface area contributed by atoms with Crippen LogP contribution in [0, 0.1) is 11.3 Å². The van der Waals surface area contributed by atoms with Gasteiger partial charge in [-0.2, -0.15) is 0 Å². The first kappa shape index (κ1) is 51.1.